The Kier molecular flexibility index (Phi) is 2.85. The van der Waals surface area contributed by atoms with Gasteiger partial charge in [0.05, 0.1) is 12.1 Å². The Morgan fingerprint density at radius 2 is 1.78 bits per heavy atom. The molecule has 2 aromatic carbocycles. The highest BCUT2D eigenvalue weighted by Gasteiger charge is 2.62. The number of nitrogens with zero attached hydrogens (tertiary/aromatic N) is 1. The second-order valence-electron chi connectivity index (χ2n) is 6.26. The first-order valence-corrected chi connectivity index (χ1v) is 7.70. The number of ether oxygens (including phenoxy) is 1. The van der Waals surface area contributed by atoms with Gasteiger partial charge in [-0.05, 0) is 18.6 Å². The number of benzene rings is 2. The summed E-state index contributed by atoms with van der Waals surface area (Å²) in [5.41, 5.74) is 2.47. The Balaban J connectivity index is 1.93. The predicted octanol–water partition coefficient (Wildman–Crippen LogP) is 2.90. The third kappa shape index (κ3) is 1.78. The molecule has 0 saturated carbocycles. The van der Waals surface area contributed by atoms with Crippen LogP contribution in [0.5, 0.6) is 0 Å². The normalized spacial score (nSPS) is 25.8. The van der Waals surface area contributed by atoms with E-state index in [1.807, 2.05) is 55.5 Å². The van der Waals surface area contributed by atoms with Crippen LogP contribution in [-0.2, 0) is 19.9 Å². The number of carbonyl (C=O) groups is 2. The Bertz CT molecular complexity index is 812. The summed E-state index contributed by atoms with van der Waals surface area (Å²) in [6, 6.07) is 15.5. The predicted molar refractivity (Wildman–Crippen MR) is 86.2 cm³/mol. The van der Waals surface area contributed by atoms with E-state index in [0.717, 1.165) is 22.4 Å². The largest absolute Gasteiger partial charge is 0.443 e. The van der Waals surface area contributed by atoms with E-state index >= 15 is 0 Å². The number of esters is 1. The van der Waals surface area contributed by atoms with Gasteiger partial charge in [0.15, 0.2) is 0 Å². The molecule has 2 aromatic rings. The van der Waals surface area contributed by atoms with Gasteiger partial charge in [-0.2, -0.15) is 0 Å². The summed E-state index contributed by atoms with van der Waals surface area (Å²) in [6.45, 7) is 2.01. The molecule has 1 amide bonds. The SMILES string of the molecule is Cc1ccc(C2CC(=O)OC23C(=O)N(C)c2ccccc23)cc1. The molecule has 0 bridgehead atoms. The Morgan fingerprint density at radius 1 is 1.09 bits per heavy atom. The molecule has 2 atom stereocenters. The van der Waals surface area contributed by atoms with Crippen molar-refractivity contribution in [1.29, 1.82) is 0 Å². The van der Waals surface area contributed by atoms with Gasteiger partial charge in [-0.3, -0.25) is 9.59 Å². The molecule has 2 aliphatic rings. The number of para-hydroxylation sites is 1. The van der Waals surface area contributed by atoms with Crippen molar-refractivity contribution < 1.29 is 14.3 Å². The highest BCUT2D eigenvalue weighted by molar-refractivity contribution is 6.09. The van der Waals surface area contributed by atoms with E-state index in [2.05, 4.69) is 0 Å². The van der Waals surface area contributed by atoms with Crippen LogP contribution in [-0.4, -0.2) is 18.9 Å². The van der Waals surface area contributed by atoms with Crippen LogP contribution in [0, 0.1) is 6.92 Å². The molecular weight excluding hydrogens is 290 g/mol. The van der Waals surface area contributed by atoms with Crippen molar-refractivity contribution in [2.75, 3.05) is 11.9 Å². The maximum atomic E-state index is 13.0. The highest BCUT2D eigenvalue weighted by atomic mass is 16.6. The van der Waals surface area contributed by atoms with Gasteiger partial charge < -0.3 is 9.64 Å². The monoisotopic (exact) mass is 307 g/mol. The number of hydrogen-bond donors (Lipinski definition) is 0. The van der Waals surface area contributed by atoms with Gasteiger partial charge in [-0.25, -0.2) is 0 Å². The number of anilines is 1. The topological polar surface area (TPSA) is 46.6 Å². The maximum Gasteiger partial charge on any atom is 0.308 e. The van der Waals surface area contributed by atoms with Gasteiger partial charge in [0.25, 0.3) is 5.91 Å². The molecule has 1 fully saturated rings. The highest BCUT2D eigenvalue weighted by Crippen LogP contribution is 2.55. The number of amides is 1. The van der Waals surface area contributed by atoms with Gasteiger partial charge in [0, 0.05) is 18.5 Å². The summed E-state index contributed by atoms with van der Waals surface area (Å²) in [4.78, 5) is 26.7. The maximum absolute atomic E-state index is 13.0. The van der Waals surface area contributed by atoms with Crippen LogP contribution in [0.25, 0.3) is 0 Å². The average molecular weight is 307 g/mol. The standard InChI is InChI=1S/C19H17NO3/c1-12-7-9-13(10-8-12)15-11-17(21)23-19(15)14-5-3-4-6-16(14)20(2)18(19)22/h3-10,15H,11H2,1-2H3. The first-order chi connectivity index (χ1) is 11.0. The molecule has 23 heavy (non-hydrogen) atoms. The molecular formula is C19H17NO3. The molecule has 1 saturated heterocycles. The third-order valence-electron chi connectivity index (χ3n) is 4.90. The van der Waals surface area contributed by atoms with E-state index in [4.69, 9.17) is 4.74 Å². The van der Waals surface area contributed by atoms with E-state index < -0.39 is 5.60 Å². The molecule has 2 unspecified atom stereocenters. The summed E-state index contributed by atoms with van der Waals surface area (Å²) < 4.78 is 5.69. The lowest BCUT2D eigenvalue weighted by Gasteiger charge is -2.28. The smallest absolute Gasteiger partial charge is 0.308 e. The second kappa shape index (κ2) is 4.69. The van der Waals surface area contributed by atoms with E-state index in [9.17, 15) is 9.59 Å². The van der Waals surface area contributed by atoms with Gasteiger partial charge in [-0.15, -0.1) is 0 Å². The summed E-state index contributed by atoms with van der Waals surface area (Å²) >= 11 is 0. The van der Waals surface area contributed by atoms with Crippen molar-refractivity contribution in [3.63, 3.8) is 0 Å². The van der Waals surface area contributed by atoms with Crippen LogP contribution in [0.2, 0.25) is 0 Å². The number of fused-ring (bicyclic) bond motifs is 2. The minimum atomic E-state index is -1.22. The molecule has 4 rings (SSSR count). The van der Waals surface area contributed by atoms with Crippen LogP contribution < -0.4 is 4.90 Å². The molecule has 0 radical (unpaired) electrons. The number of likely N-dealkylation sites (N-methyl/N-ethyl adjacent to an activating group) is 1. The van der Waals surface area contributed by atoms with Crippen LogP contribution in [0.1, 0.15) is 29.0 Å². The summed E-state index contributed by atoms with van der Waals surface area (Å²) in [6.07, 6.45) is 0.219. The molecule has 0 N–H and O–H groups in total. The molecule has 4 heteroatoms. The molecule has 0 aliphatic carbocycles. The number of hydrogen-bond acceptors (Lipinski definition) is 3. The van der Waals surface area contributed by atoms with E-state index in [-0.39, 0.29) is 24.2 Å². The van der Waals surface area contributed by atoms with Crippen molar-refractivity contribution in [2.24, 2.45) is 0 Å². The minimum absolute atomic E-state index is 0.171. The lowest BCUT2D eigenvalue weighted by molar-refractivity contribution is -0.157. The van der Waals surface area contributed by atoms with E-state index in [1.165, 1.54) is 0 Å². The van der Waals surface area contributed by atoms with Crippen molar-refractivity contribution in [1.82, 2.24) is 0 Å². The zero-order valence-electron chi connectivity index (χ0n) is 13.1. The van der Waals surface area contributed by atoms with Crippen LogP contribution in [0.15, 0.2) is 48.5 Å². The van der Waals surface area contributed by atoms with E-state index in [0.29, 0.717) is 0 Å². The second-order valence-corrected chi connectivity index (χ2v) is 6.26. The molecule has 116 valence electrons. The van der Waals surface area contributed by atoms with Crippen molar-refractivity contribution in [2.45, 2.75) is 24.9 Å². The van der Waals surface area contributed by atoms with Crippen molar-refractivity contribution >= 4 is 17.6 Å². The molecule has 4 nitrogen and oxygen atoms in total. The summed E-state index contributed by atoms with van der Waals surface area (Å²) in [5.74, 6) is -0.793. The van der Waals surface area contributed by atoms with Crippen molar-refractivity contribution in [3.05, 3.63) is 65.2 Å². The van der Waals surface area contributed by atoms with Gasteiger partial charge in [-0.1, -0.05) is 48.0 Å². The third-order valence-corrected chi connectivity index (χ3v) is 4.90. The summed E-state index contributed by atoms with van der Waals surface area (Å²) in [5, 5.41) is 0. The number of rotatable bonds is 1. The fourth-order valence-corrected chi connectivity index (χ4v) is 3.74. The van der Waals surface area contributed by atoms with Gasteiger partial charge in [0.1, 0.15) is 0 Å². The zero-order chi connectivity index (χ0) is 16.2. The van der Waals surface area contributed by atoms with Crippen LogP contribution in [0.3, 0.4) is 0 Å². The van der Waals surface area contributed by atoms with Gasteiger partial charge >= 0.3 is 5.97 Å². The average Bonchev–Trinajstić information content (AvgIpc) is 3.01. The van der Waals surface area contributed by atoms with Crippen LogP contribution in [0.4, 0.5) is 5.69 Å². The lowest BCUT2D eigenvalue weighted by atomic mass is 9.78. The Morgan fingerprint density at radius 3 is 2.52 bits per heavy atom. The van der Waals surface area contributed by atoms with Gasteiger partial charge in [0.2, 0.25) is 5.60 Å². The van der Waals surface area contributed by atoms with Crippen molar-refractivity contribution in [3.8, 4) is 0 Å². The summed E-state index contributed by atoms with van der Waals surface area (Å²) in [7, 11) is 1.73. The molecule has 2 heterocycles. The Labute approximate surface area is 134 Å². The zero-order valence-corrected chi connectivity index (χ0v) is 13.1. The fraction of sp³-hybridized carbons (Fsp3) is 0.263. The number of aryl methyl sites for hydroxylation is 1. The molecule has 2 aliphatic heterocycles. The van der Waals surface area contributed by atoms with E-state index in [1.54, 1.807) is 11.9 Å². The fourth-order valence-electron chi connectivity index (χ4n) is 3.74. The minimum Gasteiger partial charge on any atom is -0.443 e. The lowest BCUT2D eigenvalue weighted by Crippen LogP contribution is -2.42. The first-order valence-electron chi connectivity index (χ1n) is 7.70. The quantitative estimate of drug-likeness (QED) is 0.761. The Hall–Kier alpha value is -2.62. The first kappa shape index (κ1) is 14.0. The molecule has 0 aromatic heterocycles. The van der Waals surface area contributed by atoms with Crippen LogP contribution >= 0.6 is 0 Å². The molecule has 1 spiro atoms. The number of carbonyl (C=O) groups excluding carboxylic acids is 2.